The van der Waals surface area contributed by atoms with Crippen LogP contribution >= 0.6 is 0 Å². The molecule has 0 aliphatic carbocycles. The van der Waals surface area contributed by atoms with E-state index in [1.165, 1.54) is 0 Å². The van der Waals surface area contributed by atoms with Crippen LogP contribution in [0.1, 0.15) is 20.3 Å². The largest absolute Gasteiger partial charge is 0.316 e. The number of hydrogen-bond acceptors (Lipinski definition) is 0. The Hall–Kier alpha value is 0.506. The molecule has 0 spiro atoms. The fourth-order valence-corrected chi connectivity index (χ4v) is 0.577. The zero-order valence-electron chi connectivity index (χ0n) is 5.20. The number of hydrogen-bond donors (Lipinski definition) is 0. The van der Waals surface area contributed by atoms with Crippen molar-refractivity contribution in [1.82, 2.24) is 0 Å². The summed E-state index contributed by atoms with van der Waals surface area (Å²) in [5.74, 6) is 0.713. The van der Waals surface area contributed by atoms with Crippen LogP contribution in [0.5, 0.6) is 0 Å². The fraction of sp³-hybridized carbons (Fsp3) is 0.571. The smallest absolute Gasteiger partial charge is 0.0998 e. The lowest BCUT2D eigenvalue weighted by atomic mass is 10.1. The molecule has 0 aromatic heterocycles. The first-order chi connectivity index (χ1) is 3.13. The molecule has 0 nitrogen and oxygen atoms in total. The van der Waals surface area contributed by atoms with Crippen molar-refractivity contribution >= 4 is 23.1 Å². The average Bonchev–Trinajstić information content (AvgIpc) is 1.27. The van der Waals surface area contributed by atoms with Crippen molar-refractivity contribution < 1.29 is 0 Å². The van der Waals surface area contributed by atoms with Crippen molar-refractivity contribution in [2.75, 3.05) is 0 Å². The van der Waals surface area contributed by atoms with E-state index >= 15 is 0 Å². The van der Waals surface area contributed by atoms with Crippen molar-refractivity contribution in [3.63, 3.8) is 0 Å². The lowest BCUT2D eigenvalue weighted by Gasteiger charge is -1.99. The van der Waals surface area contributed by atoms with Crippen LogP contribution in [0, 0.1) is 12.8 Å². The average molecular weight is 124 g/mol. The molecule has 0 saturated heterocycles. The van der Waals surface area contributed by atoms with E-state index < -0.39 is 0 Å². The molecule has 0 saturated carbocycles. The first-order valence-electron chi connectivity index (χ1n) is 2.62. The van der Waals surface area contributed by atoms with Crippen molar-refractivity contribution in [3.05, 3.63) is 19.1 Å². The van der Waals surface area contributed by atoms with Crippen LogP contribution < -0.4 is 0 Å². The molecule has 0 fully saturated rings. The SMILES string of the molecule is [CH2]C(=C)CC(C)C.[MgH2]. The molecule has 1 heteroatoms. The summed E-state index contributed by atoms with van der Waals surface area (Å²) in [6.45, 7) is 11.7. The predicted molar refractivity (Wildman–Crippen MR) is 42.5 cm³/mol. The molecule has 0 rings (SSSR count). The summed E-state index contributed by atoms with van der Waals surface area (Å²) in [7, 11) is 0. The zero-order valence-corrected chi connectivity index (χ0v) is 5.20. The fourth-order valence-electron chi connectivity index (χ4n) is 0.577. The summed E-state index contributed by atoms with van der Waals surface area (Å²) in [6.07, 6.45) is 1.06. The third kappa shape index (κ3) is 9.71. The van der Waals surface area contributed by atoms with Crippen LogP contribution in [-0.4, -0.2) is 23.1 Å². The molecule has 0 atom stereocenters. The van der Waals surface area contributed by atoms with Gasteiger partial charge in [-0.1, -0.05) is 26.0 Å². The topological polar surface area (TPSA) is 0 Å². The zero-order chi connectivity index (χ0) is 5.86. The molecular formula is C7H15Mg. The van der Waals surface area contributed by atoms with Gasteiger partial charge in [0.25, 0.3) is 0 Å². The van der Waals surface area contributed by atoms with Gasteiger partial charge in [-0.3, -0.25) is 0 Å². The molecule has 8 heavy (non-hydrogen) atoms. The van der Waals surface area contributed by atoms with E-state index in [2.05, 4.69) is 27.4 Å². The molecule has 0 N–H and O–H groups in total. The third-order valence-corrected chi connectivity index (χ3v) is 0.697. The molecule has 0 aliphatic heterocycles. The normalized spacial score (nSPS) is 8.50. The van der Waals surface area contributed by atoms with Gasteiger partial charge in [0.05, 0.1) is 0 Å². The Morgan fingerprint density at radius 1 is 1.50 bits per heavy atom. The Labute approximate surface area is 68.5 Å². The van der Waals surface area contributed by atoms with Crippen LogP contribution in [-0.2, 0) is 0 Å². The Kier molecular flexibility index (Phi) is 7.98. The van der Waals surface area contributed by atoms with Crippen LogP contribution in [0.3, 0.4) is 0 Å². The van der Waals surface area contributed by atoms with E-state index in [1.54, 1.807) is 0 Å². The van der Waals surface area contributed by atoms with Gasteiger partial charge in [0, 0.05) is 0 Å². The Bertz CT molecular complexity index is 64.8. The Balaban J connectivity index is 0. The summed E-state index contributed by atoms with van der Waals surface area (Å²) in [6, 6.07) is 0. The van der Waals surface area contributed by atoms with Gasteiger partial charge in [0.15, 0.2) is 0 Å². The maximum atomic E-state index is 3.68. The highest BCUT2D eigenvalue weighted by molar-refractivity contribution is 5.75. The molecule has 0 aliphatic rings. The minimum atomic E-state index is 0. The molecule has 0 aromatic carbocycles. The molecule has 1 radical (unpaired) electrons. The minimum absolute atomic E-state index is 0. The molecular weight excluding hydrogens is 108 g/mol. The first kappa shape index (κ1) is 11.3. The quantitative estimate of drug-likeness (QED) is 0.488. The lowest BCUT2D eigenvalue weighted by molar-refractivity contribution is 0.651. The molecule has 0 bridgehead atoms. The molecule has 0 heterocycles. The summed E-state index contributed by atoms with van der Waals surface area (Å²) < 4.78 is 0. The summed E-state index contributed by atoms with van der Waals surface area (Å²) in [5.41, 5.74) is 1.04. The maximum Gasteiger partial charge on any atom is 0.316 e. The maximum absolute atomic E-state index is 3.68. The van der Waals surface area contributed by atoms with Crippen LogP contribution in [0.25, 0.3) is 0 Å². The van der Waals surface area contributed by atoms with Gasteiger partial charge < -0.3 is 0 Å². The summed E-state index contributed by atoms with van der Waals surface area (Å²) in [5, 5.41) is 0. The van der Waals surface area contributed by atoms with Crippen molar-refractivity contribution in [1.29, 1.82) is 0 Å². The van der Waals surface area contributed by atoms with Gasteiger partial charge in [0.1, 0.15) is 0 Å². The van der Waals surface area contributed by atoms with E-state index in [4.69, 9.17) is 0 Å². The van der Waals surface area contributed by atoms with Gasteiger partial charge in [-0.25, -0.2) is 0 Å². The molecule has 45 valence electrons. The highest BCUT2D eigenvalue weighted by Gasteiger charge is 1.90. The third-order valence-electron chi connectivity index (χ3n) is 0.697. The van der Waals surface area contributed by atoms with Crippen LogP contribution in [0.4, 0.5) is 0 Å². The van der Waals surface area contributed by atoms with Crippen LogP contribution in [0.2, 0.25) is 0 Å². The predicted octanol–water partition coefficient (Wildman–Crippen LogP) is 1.51. The first-order valence-corrected chi connectivity index (χ1v) is 2.62. The Morgan fingerprint density at radius 3 is 1.88 bits per heavy atom. The van der Waals surface area contributed by atoms with Gasteiger partial charge >= 0.3 is 23.1 Å². The Morgan fingerprint density at radius 2 is 1.88 bits per heavy atom. The van der Waals surface area contributed by atoms with Gasteiger partial charge in [-0.05, 0) is 19.3 Å². The van der Waals surface area contributed by atoms with Gasteiger partial charge in [-0.2, -0.15) is 0 Å². The van der Waals surface area contributed by atoms with Crippen molar-refractivity contribution in [2.24, 2.45) is 5.92 Å². The van der Waals surface area contributed by atoms with E-state index in [9.17, 15) is 0 Å². The van der Waals surface area contributed by atoms with E-state index in [0.717, 1.165) is 12.0 Å². The lowest BCUT2D eigenvalue weighted by Crippen LogP contribution is -1.85. The second-order valence-electron chi connectivity index (χ2n) is 2.35. The number of allylic oxidation sites excluding steroid dienone is 1. The standard InChI is InChI=1S/C7H13.Mg.2H/c1-6(2)5-7(3)4;;;/h7H,1-2,5H2,3-4H3;;;. The van der Waals surface area contributed by atoms with Crippen molar-refractivity contribution in [2.45, 2.75) is 20.3 Å². The highest BCUT2D eigenvalue weighted by Crippen LogP contribution is 2.05. The molecule has 0 amide bonds. The van der Waals surface area contributed by atoms with Gasteiger partial charge in [-0.15, -0.1) is 0 Å². The van der Waals surface area contributed by atoms with E-state index in [-0.39, 0.29) is 23.1 Å². The molecule has 0 aromatic rings. The summed E-state index contributed by atoms with van der Waals surface area (Å²) in [4.78, 5) is 0. The highest BCUT2D eigenvalue weighted by atomic mass is 24.3. The minimum Gasteiger partial charge on any atom is -0.0998 e. The number of rotatable bonds is 2. The van der Waals surface area contributed by atoms with E-state index in [0.29, 0.717) is 5.92 Å². The van der Waals surface area contributed by atoms with Crippen LogP contribution in [0.15, 0.2) is 12.2 Å². The monoisotopic (exact) mass is 123 g/mol. The summed E-state index contributed by atoms with van der Waals surface area (Å²) >= 11 is 0. The van der Waals surface area contributed by atoms with Crippen molar-refractivity contribution in [3.8, 4) is 0 Å². The molecule has 0 unspecified atom stereocenters. The second-order valence-corrected chi connectivity index (χ2v) is 2.35. The van der Waals surface area contributed by atoms with E-state index in [1.807, 2.05) is 0 Å². The van der Waals surface area contributed by atoms with Gasteiger partial charge in [0.2, 0.25) is 0 Å². The second kappa shape index (κ2) is 5.64.